The fourth-order valence-corrected chi connectivity index (χ4v) is 3.50. The topological polar surface area (TPSA) is 32.3 Å². The van der Waals surface area contributed by atoms with Crippen LogP contribution in [0.5, 0.6) is 0 Å². The van der Waals surface area contributed by atoms with Gasteiger partial charge in [0.05, 0.1) is 6.17 Å². The van der Waals surface area contributed by atoms with Crippen molar-refractivity contribution in [1.82, 2.24) is 10.2 Å². The van der Waals surface area contributed by atoms with Gasteiger partial charge >= 0.3 is 0 Å². The van der Waals surface area contributed by atoms with Crippen molar-refractivity contribution in [2.24, 2.45) is 0 Å². The van der Waals surface area contributed by atoms with Gasteiger partial charge in [0, 0.05) is 24.1 Å². The van der Waals surface area contributed by atoms with Gasteiger partial charge in [-0.1, -0.05) is 38.5 Å². The van der Waals surface area contributed by atoms with Gasteiger partial charge in [0.25, 0.3) is 5.91 Å². The van der Waals surface area contributed by atoms with Crippen LogP contribution in [0.25, 0.3) is 0 Å². The van der Waals surface area contributed by atoms with Crippen LogP contribution in [-0.2, 0) is 5.41 Å². The predicted octanol–water partition coefficient (Wildman–Crippen LogP) is 2.52. The summed E-state index contributed by atoms with van der Waals surface area (Å²) in [5.74, 6) is 0.0745. The summed E-state index contributed by atoms with van der Waals surface area (Å²) in [6.45, 7) is 6.67. The molecule has 19 heavy (non-hydrogen) atoms. The Kier molecular flexibility index (Phi) is 3.09. The third-order valence-electron chi connectivity index (χ3n) is 4.57. The van der Waals surface area contributed by atoms with Crippen molar-refractivity contribution in [3.05, 3.63) is 35.4 Å². The zero-order chi connectivity index (χ0) is 13.5. The Hall–Kier alpha value is -1.35. The summed E-state index contributed by atoms with van der Waals surface area (Å²) in [6.07, 6.45) is 3.91. The quantitative estimate of drug-likeness (QED) is 0.839. The van der Waals surface area contributed by atoms with E-state index in [1.165, 1.54) is 24.8 Å². The van der Waals surface area contributed by atoms with Crippen molar-refractivity contribution in [2.45, 2.75) is 44.7 Å². The molecule has 1 aromatic rings. The van der Waals surface area contributed by atoms with Crippen LogP contribution in [0.1, 0.15) is 49.0 Å². The van der Waals surface area contributed by atoms with Gasteiger partial charge in [-0.2, -0.15) is 0 Å². The Labute approximate surface area is 115 Å². The molecule has 1 amide bonds. The van der Waals surface area contributed by atoms with Crippen LogP contribution in [0.2, 0.25) is 0 Å². The van der Waals surface area contributed by atoms with Crippen LogP contribution in [0.4, 0.5) is 0 Å². The maximum absolute atomic E-state index is 12.3. The summed E-state index contributed by atoms with van der Waals surface area (Å²) in [5, 5.41) is 3.22. The van der Waals surface area contributed by atoms with Crippen molar-refractivity contribution in [2.75, 3.05) is 13.1 Å². The third-order valence-corrected chi connectivity index (χ3v) is 4.57. The van der Waals surface area contributed by atoms with Crippen LogP contribution in [0, 0.1) is 0 Å². The summed E-state index contributed by atoms with van der Waals surface area (Å²) in [6, 6.07) is 8.01. The van der Waals surface area contributed by atoms with Gasteiger partial charge in [-0.05, 0) is 24.5 Å². The summed E-state index contributed by atoms with van der Waals surface area (Å²) >= 11 is 0. The molecule has 1 atom stereocenters. The first-order valence-corrected chi connectivity index (χ1v) is 7.25. The Morgan fingerprint density at radius 2 is 1.84 bits per heavy atom. The number of benzene rings is 1. The number of amides is 1. The standard InChI is InChI=1S/C16H22N2O/c1-16(2)13-9-5-4-8-12(13)14(19)17-15(16)18-10-6-3-7-11-18/h4-5,8-9,15H,3,6-7,10-11H2,1-2H3,(H,17,19). The molecule has 102 valence electrons. The molecule has 1 saturated heterocycles. The molecule has 1 fully saturated rings. The van der Waals surface area contributed by atoms with E-state index in [-0.39, 0.29) is 17.5 Å². The number of fused-ring (bicyclic) bond motifs is 1. The second-order valence-corrected chi connectivity index (χ2v) is 6.24. The molecule has 0 saturated carbocycles. The van der Waals surface area contributed by atoms with Crippen LogP contribution in [-0.4, -0.2) is 30.1 Å². The number of hydrogen-bond acceptors (Lipinski definition) is 2. The van der Waals surface area contributed by atoms with E-state index in [1.807, 2.05) is 18.2 Å². The molecule has 1 N–H and O–H groups in total. The molecule has 0 bridgehead atoms. The van der Waals surface area contributed by atoms with Crippen LogP contribution >= 0.6 is 0 Å². The van der Waals surface area contributed by atoms with E-state index in [9.17, 15) is 4.79 Å². The molecule has 0 spiro atoms. The Morgan fingerprint density at radius 1 is 1.16 bits per heavy atom. The molecule has 2 aliphatic heterocycles. The third kappa shape index (κ3) is 2.06. The average molecular weight is 258 g/mol. The van der Waals surface area contributed by atoms with Crippen molar-refractivity contribution in [3.63, 3.8) is 0 Å². The van der Waals surface area contributed by atoms with E-state index >= 15 is 0 Å². The molecule has 3 heteroatoms. The lowest BCUT2D eigenvalue weighted by atomic mass is 9.75. The van der Waals surface area contributed by atoms with Gasteiger partial charge in [-0.3, -0.25) is 9.69 Å². The van der Waals surface area contributed by atoms with Gasteiger partial charge in [0.2, 0.25) is 0 Å². The summed E-state index contributed by atoms with van der Waals surface area (Å²) in [5.41, 5.74) is 1.97. The van der Waals surface area contributed by atoms with Crippen molar-refractivity contribution in [3.8, 4) is 0 Å². The lowest BCUT2D eigenvalue weighted by Crippen LogP contribution is -2.62. The van der Waals surface area contributed by atoms with Crippen LogP contribution in [0.15, 0.2) is 24.3 Å². The maximum Gasteiger partial charge on any atom is 0.252 e. The molecule has 3 nitrogen and oxygen atoms in total. The average Bonchev–Trinajstić information content (AvgIpc) is 2.44. The monoisotopic (exact) mass is 258 g/mol. The van der Waals surface area contributed by atoms with E-state index < -0.39 is 0 Å². The lowest BCUT2D eigenvalue weighted by Gasteiger charge is -2.47. The van der Waals surface area contributed by atoms with Gasteiger partial charge < -0.3 is 5.32 Å². The van der Waals surface area contributed by atoms with E-state index in [4.69, 9.17) is 0 Å². The minimum Gasteiger partial charge on any atom is -0.336 e. The fourth-order valence-electron chi connectivity index (χ4n) is 3.50. The lowest BCUT2D eigenvalue weighted by molar-refractivity contribution is 0.0574. The van der Waals surface area contributed by atoms with E-state index in [1.54, 1.807) is 0 Å². The zero-order valence-electron chi connectivity index (χ0n) is 11.8. The van der Waals surface area contributed by atoms with Crippen molar-refractivity contribution >= 4 is 5.91 Å². The first-order chi connectivity index (χ1) is 9.10. The number of hydrogen-bond donors (Lipinski definition) is 1. The number of nitrogens with one attached hydrogen (secondary N) is 1. The number of rotatable bonds is 1. The second-order valence-electron chi connectivity index (χ2n) is 6.24. The molecule has 0 aromatic heterocycles. The predicted molar refractivity (Wildman–Crippen MR) is 76.1 cm³/mol. The Bertz CT molecular complexity index is 489. The highest BCUT2D eigenvalue weighted by Gasteiger charge is 2.42. The van der Waals surface area contributed by atoms with Gasteiger partial charge in [0.1, 0.15) is 0 Å². The first-order valence-electron chi connectivity index (χ1n) is 7.25. The van der Waals surface area contributed by atoms with Gasteiger partial charge in [-0.15, -0.1) is 0 Å². The molecule has 0 radical (unpaired) electrons. The van der Waals surface area contributed by atoms with Gasteiger partial charge in [-0.25, -0.2) is 0 Å². The minimum absolute atomic E-state index is 0.0398. The van der Waals surface area contributed by atoms with E-state index in [0.717, 1.165) is 18.7 Å². The summed E-state index contributed by atoms with van der Waals surface area (Å²) in [7, 11) is 0. The smallest absolute Gasteiger partial charge is 0.252 e. The molecular formula is C16H22N2O. The zero-order valence-corrected chi connectivity index (χ0v) is 11.8. The molecule has 2 heterocycles. The SMILES string of the molecule is CC1(C)c2ccccc2C(=O)NC1N1CCCCC1. The van der Waals surface area contributed by atoms with E-state index in [0.29, 0.717) is 0 Å². The number of likely N-dealkylation sites (tertiary alicyclic amines) is 1. The largest absolute Gasteiger partial charge is 0.336 e. The molecule has 1 aromatic carbocycles. The highest BCUT2D eigenvalue weighted by Crippen LogP contribution is 2.35. The molecular weight excluding hydrogens is 236 g/mol. The molecule has 3 rings (SSSR count). The highest BCUT2D eigenvalue weighted by molar-refractivity contribution is 5.97. The number of nitrogens with zero attached hydrogens (tertiary/aromatic N) is 1. The van der Waals surface area contributed by atoms with Crippen LogP contribution < -0.4 is 5.32 Å². The first kappa shape index (κ1) is 12.7. The molecule has 2 aliphatic rings. The summed E-state index contributed by atoms with van der Waals surface area (Å²) < 4.78 is 0. The van der Waals surface area contributed by atoms with Crippen molar-refractivity contribution < 1.29 is 4.79 Å². The van der Waals surface area contributed by atoms with E-state index in [2.05, 4.69) is 30.1 Å². The van der Waals surface area contributed by atoms with Crippen LogP contribution in [0.3, 0.4) is 0 Å². The number of carbonyl (C=O) groups excluding carboxylic acids is 1. The Balaban J connectivity index is 1.98. The molecule has 0 aliphatic carbocycles. The number of carbonyl (C=O) groups is 1. The molecule has 1 unspecified atom stereocenters. The second kappa shape index (κ2) is 4.64. The fraction of sp³-hybridized carbons (Fsp3) is 0.562. The Morgan fingerprint density at radius 3 is 2.58 bits per heavy atom. The normalized spacial score (nSPS) is 26.6. The summed E-state index contributed by atoms with van der Waals surface area (Å²) in [4.78, 5) is 14.7. The van der Waals surface area contributed by atoms with Gasteiger partial charge in [0.15, 0.2) is 0 Å². The number of piperidine rings is 1. The van der Waals surface area contributed by atoms with Crippen molar-refractivity contribution in [1.29, 1.82) is 0 Å². The minimum atomic E-state index is -0.0398. The maximum atomic E-state index is 12.3. The highest BCUT2D eigenvalue weighted by atomic mass is 16.2.